The van der Waals surface area contributed by atoms with Gasteiger partial charge in [-0.1, -0.05) is 18.2 Å². The maximum Gasteiger partial charge on any atom is 0.253 e. The summed E-state index contributed by atoms with van der Waals surface area (Å²) in [6, 6.07) is 9.20. The molecule has 1 heterocycles. The van der Waals surface area contributed by atoms with Crippen LogP contribution in [0.2, 0.25) is 0 Å². The van der Waals surface area contributed by atoms with Crippen LogP contribution in [0, 0.1) is 33.6 Å². The SMILES string of the molecule is Cc1cc(C)c(C)c(S(=O)(=O)N2CCC(C(=O)NCc3ccc(C(=O)N(C)C)cc3)CC2)c1C. The molecule has 7 nitrogen and oxygen atoms in total. The molecule has 184 valence electrons. The molecule has 0 atom stereocenters. The van der Waals surface area contributed by atoms with Gasteiger partial charge in [0.2, 0.25) is 15.9 Å². The molecule has 2 amide bonds. The minimum Gasteiger partial charge on any atom is -0.352 e. The lowest BCUT2D eigenvalue weighted by Gasteiger charge is -2.31. The van der Waals surface area contributed by atoms with Crippen molar-refractivity contribution in [2.75, 3.05) is 27.2 Å². The van der Waals surface area contributed by atoms with Crippen molar-refractivity contribution in [1.29, 1.82) is 0 Å². The van der Waals surface area contributed by atoms with Gasteiger partial charge in [0, 0.05) is 45.2 Å². The summed E-state index contributed by atoms with van der Waals surface area (Å²) in [4.78, 5) is 26.6. The highest BCUT2D eigenvalue weighted by atomic mass is 32.2. The standard InChI is InChI=1S/C26H35N3O4S/c1-17-15-18(2)20(4)24(19(17)3)34(32,33)29-13-11-22(12-14-29)25(30)27-16-21-7-9-23(10-8-21)26(31)28(5)6/h7-10,15,22H,11-14,16H2,1-6H3,(H,27,30). The quantitative estimate of drug-likeness (QED) is 0.680. The summed E-state index contributed by atoms with van der Waals surface area (Å²) in [5.74, 6) is -0.352. The Bertz CT molecular complexity index is 1150. The number of benzene rings is 2. The van der Waals surface area contributed by atoms with Crippen LogP contribution in [-0.4, -0.2) is 56.6 Å². The third-order valence-corrected chi connectivity index (χ3v) is 8.97. The number of nitrogens with zero attached hydrogens (tertiary/aromatic N) is 2. The molecule has 2 aromatic carbocycles. The topological polar surface area (TPSA) is 86.8 Å². The molecule has 34 heavy (non-hydrogen) atoms. The van der Waals surface area contributed by atoms with Gasteiger partial charge in [0.25, 0.3) is 5.91 Å². The molecule has 1 aliphatic rings. The van der Waals surface area contributed by atoms with Crippen molar-refractivity contribution in [3.8, 4) is 0 Å². The Hall–Kier alpha value is -2.71. The molecule has 2 aromatic rings. The molecule has 0 aliphatic carbocycles. The molecule has 0 unspecified atom stereocenters. The van der Waals surface area contributed by atoms with Crippen molar-refractivity contribution < 1.29 is 18.0 Å². The lowest BCUT2D eigenvalue weighted by molar-refractivity contribution is -0.126. The number of rotatable bonds is 6. The van der Waals surface area contributed by atoms with E-state index in [-0.39, 0.29) is 17.7 Å². The maximum atomic E-state index is 13.4. The highest BCUT2D eigenvalue weighted by Gasteiger charge is 2.34. The second kappa shape index (κ2) is 10.3. The van der Waals surface area contributed by atoms with Crippen LogP contribution >= 0.6 is 0 Å². The smallest absolute Gasteiger partial charge is 0.253 e. The van der Waals surface area contributed by atoms with E-state index in [2.05, 4.69) is 5.32 Å². The molecular formula is C26H35N3O4S. The predicted octanol–water partition coefficient (Wildman–Crippen LogP) is 3.34. The number of nitrogens with one attached hydrogen (secondary N) is 1. The number of amides is 2. The normalized spacial score (nSPS) is 15.2. The van der Waals surface area contributed by atoms with Crippen LogP contribution in [-0.2, 0) is 21.4 Å². The number of hydrogen-bond donors (Lipinski definition) is 1. The van der Waals surface area contributed by atoms with E-state index in [9.17, 15) is 18.0 Å². The number of carbonyl (C=O) groups is 2. The Morgan fingerprint density at radius 3 is 2.00 bits per heavy atom. The first kappa shape index (κ1) is 25.9. The van der Waals surface area contributed by atoms with Gasteiger partial charge < -0.3 is 10.2 Å². The fourth-order valence-electron chi connectivity index (χ4n) is 4.41. The lowest BCUT2D eigenvalue weighted by atomic mass is 9.97. The first-order valence-corrected chi connectivity index (χ1v) is 13.0. The zero-order chi connectivity index (χ0) is 25.2. The molecular weight excluding hydrogens is 450 g/mol. The van der Waals surface area contributed by atoms with Crippen LogP contribution in [0.3, 0.4) is 0 Å². The van der Waals surface area contributed by atoms with Gasteiger partial charge in [-0.05, 0) is 80.5 Å². The van der Waals surface area contributed by atoms with Crippen LogP contribution in [0.1, 0.15) is 51.0 Å². The minimum absolute atomic E-state index is 0.0655. The van der Waals surface area contributed by atoms with E-state index >= 15 is 0 Å². The van der Waals surface area contributed by atoms with Gasteiger partial charge in [-0.3, -0.25) is 9.59 Å². The molecule has 1 saturated heterocycles. The van der Waals surface area contributed by atoms with E-state index in [4.69, 9.17) is 0 Å². The van der Waals surface area contributed by atoms with Crippen molar-refractivity contribution in [3.63, 3.8) is 0 Å². The van der Waals surface area contributed by atoms with Crippen molar-refractivity contribution in [2.24, 2.45) is 5.92 Å². The van der Waals surface area contributed by atoms with E-state index < -0.39 is 10.0 Å². The summed E-state index contributed by atoms with van der Waals surface area (Å²) >= 11 is 0. The molecule has 1 aliphatic heterocycles. The lowest BCUT2D eigenvalue weighted by Crippen LogP contribution is -2.43. The van der Waals surface area contributed by atoms with Gasteiger partial charge in [-0.2, -0.15) is 4.31 Å². The summed E-state index contributed by atoms with van der Waals surface area (Å²) < 4.78 is 28.4. The highest BCUT2D eigenvalue weighted by molar-refractivity contribution is 7.89. The monoisotopic (exact) mass is 485 g/mol. The summed E-state index contributed by atoms with van der Waals surface area (Å²) in [6.45, 7) is 8.61. The Labute approximate surface area is 203 Å². The molecule has 0 saturated carbocycles. The predicted molar refractivity (Wildman–Crippen MR) is 133 cm³/mol. The summed E-state index contributed by atoms with van der Waals surface area (Å²) in [5.41, 5.74) is 5.03. The van der Waals surface area contributed by atoms with E-state index in [1.165, 1.54) is 9.21 Å². The van der Waals surface area contributed by atoms with Gasteiger partial charge in [-0.25, -0.2) is 8.42 Å². The van der Waals surface area contributed by atoms with Crippen LogP contribution in [0.25, 0.3) is 0 Å². The number of hydrogen-bond acceptors (Lipinski definition) is 4. The first-order valence-electron chi connectivity index (χ1n) is 11.6. The zero-order valence-electron chi connectivity index (χ0n) is 20.9. The molecule has 0 aromatic heterocycles. The second-order valence-electron chi connectivity index (χ2n) is 9.38. The third-order valence-electron chi connectivity index (χ3n) is 6.79. The summed E-state index contributed by atoms with van der Waals surface area (Å²) in [6.07, 6.45) is 0.981. The van der Waals surface area contributed by atoms with E-state index in [0.29, 0.717) is 42.9 Å². The second-order valence-corrected chi connectivity index (χ2v) is 11.3. The largest absolute Gasteiger partial charge is 0.352 e. The molecule has 3 rings (SSSR count). The first-order chi connectivity index (χ1) is 15.9. The van der Waals surface area contributed by atoms with Crippen molar-refractivity contribution >= 4 is 21.8 Å². The fraction of sp³-hybridized carbons (Fsp3) is 0.462. The molecule has 0 radical (unpaired) electrons. The van der Waals surface area contributed by atoms with Crippen LogP contribution in [0.5, 0.6) is 0 Å². The molecule has 1 N–H and O–H groups in total. The Morgan fingerprint density at radius 1 is 0.971 bits per heavy atom. The fourth-order valence-corrected chi connectivity index (χ4v) is 6.46. The molecule has 1 fully saturated rings. The van der Waals surface area contributed by atoms with Crippen molar-refractivity contribution in [3.05, 3.63) is 63.7 Å². The van der Waals surface area contributed by atoms with Gasteiger partial charge in [0.1, 0.15) is 0 Å². The third kappa shape index (κ3) is 5.33. The van der Waals surface area contributed by atoms with Crippen molar-refractivity contribution in [1.82, 2.24) is 14.5 Å². The number of carbonyl (C=O) groups excluding carboxylic acids is 2. The highest BCUT2D eigenvalue weighted by Crippen LogP contribution is 2.31. The van der Waals surface area contributed by atoms with Crippen LogP contribution in [0.15, 0.2) is 35.2 Å². The van der Waals surface area contributed by atoms with Crippen molar-refractivity contribution in [2.45, 2.75) is 52.0 Å². The Kier molecular flexibility index (Phi) is 7.83. The molecule has 0 spiro atoms. The van der Waals surface area contributed by atoms with Gasteiger partial charge in [0.15, 0.2) is 0 Å². The average Bonchev–Trinajstić information content (AvgIpc) is 2.81. The van der Waals surface area contributed by atoms with Gasteiger partial charge >= 0.3 is 0 Å². The van der Waals surface area contributed by atoms with Gasteiger partial charge in [0.05, 0.1) is 4.90 Å². The zero-order valence-corrected chi connectivity index (χ0v) is 21.8. The Morgan fingerprint density at radius 2 is 1.50 bits per heavy atom. The number of piperidine rings is 1. The van der Waals surface area contributed by atoms with Crippen LogP contribution in [0.4, 0.5) is 0 Å². The van der Waals surface area contributed by atoms with E-state index in [1.807, 2.05) is 45.9 Å². The van der Waals surface area contributed by atoms with Gasteiger partial charge in [-0.15, -0.1) is 0 Å². The molecule has 8 heteroatoms. The number of aryl methyl sites for hydroxylation is 2. The van der Waals surface area contributed by atoms with Crippen LogP contribution < -0.4 is 5.32 Å². The number of sulfonamides is 1. The Balaban J connectivity index is 1.60. The summed E-state index contributed by atoms with van der Waals surface area (Å²) in [5, 5.41) is 2.96. The molecule has 0 bridgehead atoms. The maximum absolute atomic E-state index is 13.4. The van der Waals surface area contributed by atoms with E-state index in [0.717, 1.165) is 27.8 Å². The summed E-state index contributed by atoms with van der Waals surface area (Å²) in [7, 11) is -0.208. The minimum atomic E-state index is -3.62. The average molecular weight is 486 g/mol. The van der Waals surface area contributed by atoms with E-state index in [1.54, 1.807) is 26.2 Å².